The molecule has 0 amide bonds. The topological polar surface area (TPSA) is 55.7 Å². The van der Waals surface area contributed by atoms with E-state index in [-0.39, 0.29) is 17.9 Å². The predicted octanol–water partition coefficient (Wildman–Crippen LogP) is 3.08. The Morgan fingerprint density at radius 2 is 1.75 bits per heavy atom. The molecule has 0 spiro atoms. The Kier molecular flexibility index (Phi) is 5.13. The molecule has 1 aromatic rings. The quantitative estimate of drug-likeness (QED) is 0.628. The van der Waals surface area contributed by atoms with Gasteiger partial charge in [0.15, 0.2) is 0 Å². The highest BCUT2D eigenvalue weighted by molar-refractivity contribution is 6.40. The minimum Gasteiger partial charge on any atom is -0.465 e. The third-order valence-electron chi connectivity index (χ3n) is 2.68. The highest BCUT2D eigenvalue weighted by Gasteiger charge is 2.25. The molecule has 0 atom stereocenters. The third-order valence-corrected chi connectivity index (χ3v) is 2.68. The van der Waals surface area contributed by atoms with Crippen molar-refractivity contribution in [1.82, 2.24) is 0 Å². The Bertz CT molecular complexity index is 527. The van der Waals surface area contributed by atoms with Crippen LogP contribution in [0.1, 0.15) is 27.2 Å². The number of hydrogen-bond acceptors (Lipinski definition) is 4. The number of carbonyl (C=O) groups excluding carboxylic acids is 2. The number of carbonyl (C=O) groups is 2. The molecule has 1 rings (SSSR count). The number of ketones is 1. The van der Waals surface area contributed by atoms with E-state index in [1.54, 1.807) is 20.8 Å². The summed E-state index contributed by atoms with van der Waals surface area (Å²) in [7, 11) is 1.23. The minimum absolute atomic E-state index is 0.0130. The van der Waals surface area contributed by atoms with Crippen LogP contribution in [0.5, 0.6) is 0 Å². The van der Waals surface area contributed by atoms with Gasteiger partial charge in [-0.15, -0.1) is 0 Å². The molecule has 0 aromatic heterocycles. The van der Waals surface area contributed by atoms with E-state index in [4.69, 9.17) is 0 Å². The number of nitrogens with zero attached hydrogens (tertiary/aromatic N) is 1. The molecule has 0 radical (unpaired) electrons. The number of methoxy groups -OCH3 is 1. The number of esters is 1. The van der Waals surface area contributed by atoms with Crippen molar-refractivity contribution in [2.24, 2.45) is 10.4 Å². The summed E-state index contributed by atoms with van der Waals surface area (Å²) in [6.07, 6.45) is -0.118. The van der Waals surface area contributed by atoms with Gasteiger partial charge in [0.2, 0.25) is 0 Å². The van der Waals surface area contributed by atoms with E-state index in [2.05, 4.69) is 9.73 Å². The number of ether oxygens (including phenoxy) is 1. The second-order valence-electron chi connectivity index (χ2n) is 5.38. The summed E-state index contributed by atoms with van der Waals surface area (Å²) < 4.78 is 17.4. The van der Waals surface area contributed by atoms with Crippen molar-refractivity contribution in [2.45, 2.75) is 27.2 Å². The van der Waals surface area contributed by atoms with Crippen molar-refractivity contribution >= 4 is 23.2 Å². The van der Waals surface area contributed by atoms with Crippen LogP contribution in [0.25, 0.3) is 0 Å². The van der Waals surface area contributed by atoms with Gasteiger partial charge in [-0.3, -0.25) is 4.79 Å². The van der Waals surface area contributed by atoms with Crippen LogP contribution in [0.15, 0.2) is 29.3 Å². The summed E-state index contributed by atoms with van der Waals surface area (Å²) in [5, 5.41) is 0. The smallest absolute Gasteiger partial charge is 0.352 e. The molecule has 0 saturated heterocycles. The Morgan fingerprint density at radius 3 is 2.20 bits per heavy atom. The van der Waals surface area contributed by atoms with Crippen LogP contribution < -0.4 is 0 Å². The molecule has 1 aromatic carbocycles. The molecular formula is C15H18FNO3. The highest BCUT2D eigenvalue weighted by atomic mass is 19.1. The van der Waals surface area contributed by atoms with E-state index >= 15 is 0 Å². The van der Waals surface area contributed by atoms with Gasteiger partial charge in [0.1, 0.15) is 17.3 Å². The molecule has 4 nitrogen and oxygen atoms in total. The first-order valence-corrected chi connectivity index (χ1v) is 6.19. The molecule has 0 aliphatic carbocycles. The van der Waals surface area contributed by atoms with Crippen molar-refractivity contribution in [3.63, 3.8) is 0 Å². The number of benzene rings is 1. The van der Waals surface area contributed by atoms with E-state index in [0.29, 0.717) is 5.69 Å². The largest absolute Gasteiger partial charge is 0.465 e. The van der Waals surface area contributed by atoms with Crippen LogP contribution in [-0.2, 0) is 14.3 Å². The number of hydrogen-bond donors (Lipinski definition) is 0. The lowest BCUT2D eigenvalue weighted by atomic mass is 9.88. The third kappa shape index (κ3) is 4.57. The normalized spacial score (nSPS) is 12.2. The SMILES string of the molecule is COC(=O)C(CC(=O)C(C)(C)C)=Nc1ccc(F)cc1. The summed E-state index contributed by atoms with van der Waals surface area (Å²) in [5.41, 5.74) is -0.162. The van der Waals surface area contributed by atoms with Crippen LogP contribution in [-0.4, -0.2) is 24.6 Å². The maximum atomic E-state index is 12.8. The second-order valence-corrected chi connectivity index (χ2v) is 5.38. The lowest BCUT2D eigenvalue weighted by molar-refractivity contribution is -0.134. The first-order chi connectivity index (χ1) is 9.24. The molecule has 0 saturated carbocycles. The highest BCUT2D eigenvalue weighted by Crippen LogP contribution is 2.19. The molecular weight excluding hydrogens is 261 g/mol. The van der Waals surface area contributed by atoms with Crippen LogP contribution in [0, 0.1) is 11.2 Å². The first kappa shape index (κ1) is 16.0. The van der Waals surface area contributed by atoms with Gasteiger partial charge < -0.3 is 4.74 Å². The fraction of sp³-hybridized carbons (Fsp3) is 0.400. The Hall–Kier alpha value is -2.04. The van der Waals surface area contributed by atoms with Gasteiger partial charge >= 0.3 is 5.97 Å². The van der Waals surface area contributed by atoms with Gasteiger partial charge in [-0.05, 0) is 24.3 Å². The molecule has 0 bridgehead atoms. The Morgan fingerprint density at radius 1 is 1.20 bits per heavy atom. The van der Waals surface area contributed by atoms with E-state index in [9.17, 15) is 14.0 Å². The molecule has 0 fully saturated rings. The van der Waals surface area contributed by atoms with Gasteiger partial charge in [0.25, 0.3) is 0 Å². The van der Waals surface area contributed by atoms with Crippen LogP contribution >= 0.6 is 0 Å². The molecule has 5 heteroatoms. The summed E-state index contributed by atoms with van der Waals surface area (Å²) >= 11 is 0. The Labute approximate surface area is 117 Å². The van der Waals surface area contributed by atoms with Gasteiger partial charge in [-0.25, -0.2) is 14.2 Å². The van der Waals surface area contributed by atoms with E-state index < -0.39 is 17.2 Å². The second kappa shape index (κ2) is 6.41. The minimum atomic E-state index is -0.660. The lowest BCUT2D eigenvalue weighted by Gasteiger charge is -2.16. The number of rotatable bonds is 4. The zero-order valence-electron chi connectivity index (χ0n) is 12.1. The van der Waals surface area contributed by atoms with Crippen molar-refractivity contribution in [1.29, 1.82) is 0 Å². The monoisotopic (exact) mass is 279 g/mol. The summed E-state index contributed by atoms with van der Waals surface area (Å²) in [6.45, 7) is 5.30. The van der Waals surface area contributed by atoms with Crippen molar-refractivity contribution in [3.05, 3.63) is 30.1 Å². The average Bonchev–Trinajstić information content (AvgIpc) is 2.38. The predicted molar refractivity (Wildman–Crippen MR) is 74.6 cm³/mol. The standard InChI is InChI=1S/C15H18FNO3/c1-15(2,3)13(18)9-12(14(19)20-4)17-11-7-5-10(16)6-8-11/h5-8H,9H2,1-4H3. The summed E-state index contributed by atoms with van der Waals surface area (Å²) in [5.74, 6) is -1.18. The number of Topliss-reactive ketones (excluding diaryl/α,β-unsaturated/α-hetero) is 1. The molecule has 108 valence electrons. The molecule has 0 unspecified atom stereocenters. The summed E-state index contributed by atoms with van der Waals surface area (Å²) in [6, 6.07) is 5.33. The van der Waals surface area contributed by atoms with Crippen LogP contribution in [0.4, 0.5) is 10.1 Å². The van der Waals surface area contributed by atoms with E-state index in [1.807, 2.05) is 0 Å². The maximum Gasteiger partial charge on any atom is 0.352 e. The zero-order chi connectivity index (χ0) is 15.3. The fourth-order valence-electron chi connectivity index (χ4n) is 1.36. The van der Waals surface area contributed by atoms with Crippen LogP contribution in [0.2, 0.25) is 0 Å². The molecule has 0 aliphatic heterocycles. The molecule has 0 N–H and O–H groups in total. The molecule has 0 aliphatic rings. The molecule has 20 heavy (non-hydrogen) atoms. The van der Waals surface area contributed by atoms with E-state index in [0.717, 1.165) is 0 Å². The fourth-order valence-corrected chi connectivity index (χ4v) is 1.36. The maximum absolute atomic E-state index is 12.8. The van der Waals surface area contributed by atoms with Gasteiger partial charge in [0, 0.05) is 5.41 Å². The van der Waals surface area contributed by atoms with Gasteiger partial charge in [-0.1, -0.05) is 20.8 Å². The molecule has 0 heterocycles. The summed E-state index contributed by atoms with van der Waals surface area (Å²) in [4.78, 5) is 27.7. The first-order valence-electron chi connectivity index (χ1n) is 6.19. The number of aliphatic imine (C=N–C) groups is 1. The average molecular weight is 279 g/mol. The Balaban J connectivity index is 3.04. The van der Waals surface area contributed by atoms with Crippen LogP contribution in [0.3, 0.4) is 0 Å². The van der Waals surface area contributed by atoms with Crippen molar-refractivity contribution < 1.29 is 18.7 Å². The zero-order valence-corrected chi connectivity index (χ0v) is 12.1. The van der Waals surface area contributed by atoms with Crippen molar-refractivity contribution in [2.75, 3.05) is 7.11 Å². The van der Waals surface area contributed by atoms with Gasteiger partial charge in [-0.2, -0.15) is 0 Å². The lowest BCUT2D eigenvalue weighted by Crippen LogP contribution is -2.27. The van der Waals surface area contributed by atoms with Crippen molar-refractivity contribution in [3.8, 4) is 0 Å². The number of halogens is 1. The van der Waals surface area contributed by atoms with Gasteiger partial charge in [0.05, 0.1) is 19.2 Å². The van der Waals surface area contributed by atoms with E-state index in [1.165, 1.54) is 31.4 Å².